The maximum absolute atomic E-state index is 13.2. The smallest absolute Gasteiger partial charge is 0.335 e. The predicted octanol–water partition coefficient (Wildman–Crippen LogP) is 4.05. The van der Waals surface area contributed by atoms with Gasteiger partial charge in [0.1, 0.15) is 17.5 Å². The minimum Gasteiger partial charge on any atom is -0.437 e. The van der Waals surface area contributed by atoms with Crippen LogP contribution in [0.4, 0.5) is 5.69 Å². The molecule has 9 nitrogen and oxygen atoms in total. The standard InChI is InChI=1S/C26H23ClN6O3/c1-3-13-32-25(34)31-24(33(26(32)35)16-18-9-7-17(2)8-10-18)30-19-11-12-22(21(27)14-19)36-23-6-4-5-20(15-28)29-23/h4-12,14H,3,13,16H2,1-2H3,(H,30,31,34). The highest BCUT2D eigenvalue weighted by molar-refractivity contribution is 6.32. The highest BCUT2D eigenvalue weighted by Gasteiger charge is 2.11. The topological polar surface area (TPSA) is 118 Å². The fourth-order valence-corrected chi connectivity index (χ4v) is 3.71. The summed E-state index contributed by atoms with van der Waals surface area (Å²) < 4.78 is 8.29. The summed E-state index contributed by atoms with van der Waals surface area (Å²) in [6.07, 6.45) is 0.632. The van der Waals surface area contributed by atoms with E-state index in [1.54, 1.807) is 36.4 Å². The number of hydrogen-bond acceptors (Lipinski definition) is 6. The molecule has 0 unspecified atom stereocenters. The van der Waals surface area contributed by atoms with Crippen LogP contribution in [0.25, 0.3) is 0 Å². The summed E-state index contributed by atoms with van der Waals surface area (Å²) in [7, 11) is 0. The second kappa shape index (κ2) is 10.9. The summed E-state index contributed by atoms with van der Waals surface area (Å²) in [5.41, 5.74) is 1.74. The number of pyridine rings is 1. The lowest BCUT2D eigenvalue weighted by molar-refractivity contribution is 0.462. The number of aromatic nitrogens is 4. The van der Waals surface area contributed by atoms with Crippen LogP contribution in [0, 0.1) is 18.3 Å². The van der Waals surface area contributed by atoms with Crippen molar-refractivity contribution in [3.63, 3.8) is 0 Å². The van der Waals surface area contributed by atoms with E-state index in [4.69, 9.17) is 21.6 Å². The van der Waals surface area contributed by atoms with Crippen molar-refractivity contribution < 1.29 is 4.74 Å². The molecule has 2 aromatic heterocycles. The Hall–Kier alpha value is -4.42. The largest absolute Gasteiger partial charge is 0.437 e. The van der Waals surface area contributed by atoms with Gasteiger partial charge < -0.3 is 4.74 Å². The number of nitriles is 1. The van der Waals surface area contributed by atoms with E-state index in [2.05, 4.69) is 15.0 Å². The molecule has 0 saturated heterocycles. The van der Waals surface area contributed by atoms with Crippen LogP contribution in [0.15, 0.2) is 75.2 Å². The number of aryl methyl sites for hydroxylation is 1. The van der Waals surface area contributed by atoms with Gasteiger partial charge in [-0.1, -0.05) is 54.4 Å². The molecule has 10 heteroatoms. The monoisotopic (exact) mass is 502 g/mol. The van der Waals surface area contributed by atoms with Gasteiger partial charge in [0.25, 0.3) is 0 Å². The molecule has 0 aliphatic rings. The molecule has 0 spiro atoms. The molecule has 0 aliphatic carbocycles. The first-order valence-electron chi connectivity index (χ1n) is 11.3. The van der Waals surface area contributed by atoms with Gasteiger partial charge in [-0.3, -0.25) is 9.55 Å². The van der Waals surface area contributed by atoms with Crippen LogP contribution in [-0.4, -0.2) is 19.1 Å². The van der Waals surface area contributed by atoms with Gasteiger partial charge in [0.2, 0.25) is 11.5 Å². The number of nitrogens with one attached hydrogen (secondary N) is 1. The molecule has 0 amide bonds. The lowest BCUT2D eigenvalue weighted by Gasteiger charge is -2.11. The Kier molecular flexibility index (Phi) is 7.47. The molecule has 2 aromatic carbocycles. The van der Waals surface area contributed by atoms with Crippen molar-refractivity contribution in [2.75, 3.05) is 0 Å². The lowest BCUT2D eigenvalue weighted by atomic mass is 10.1. The first-order valence-corrected chi connectivity index (χ1v) is 11.6. The molecule has 36 heavy (non-hydrogen) atoms. The summed E-state index contributed by atoms with van der Waals surface area (Å²) in [5.74, 6) is 0.540. The third kappa shape index (κ3) is 5.62. The molecule has 0 saturated carbocycles. The Morgan fingerprint density at radius 1 is 1.11 bits per heavy atom. The average Bonchev–Trinajstić information content (AvgIpc) is 2.87. The Bertz CT molecular complexity index is 1630. The highest BCUT2D eigenvalue weighted by Crippen LogP contribution is 2.31. The van der Waals surface area contributed by atoms with E-state index in [0.717, 1.165) is 11.1 Å². The van der Waals surface area contributed by atoms with Crippen LogP contribution < -0.4 is 21.7 Å². The quantitative estimate of drug-likeness (QED) is 0.409. The average molecular weight is 503 g/mol. The second-order valence-corrected chi connectivity index (χ2v) is 8.47. The fourth-order valence-electron chi connectivity index (χ4n) is 3.49. The summed E-state index contributed by atoms with van der Waals surface area (Å²) in [6.45, 7) is 4.40. The van der Waals surface area contributed by atoms with Crippen molar-refractivity contribution in [3.05, 3.63) is 109 Å². The Balaban J connectivity index is 1.75. The SMILES string of the molecule is CCCn1c(=O)[nH]/c(=N\c2ccc(Oc3cccc(C#N)n3)c(Cl)c2)n(Cc2ccc(C)cc2)c1=O. The van der Waals surface area contributed by atoms with E-state index in [-0.39, 0.29) is 28.8 Å². The van der Waals surface area contributed by atoms with Crippen molar-refractivity contribution >= 4 is 17.3 Å². The minimum atomic E-state index is -0.532. The van der Waals surface area contributed by atoms with Gasteiger partial charge in [0.15, 0.2) is 0 Å². The molecule has 1 N–H and O–H groups in total. The van der Waals surface area contributed by atoms with E-state index in [9.17, 15) is 9.59 Å². The Morgan fingerprint density at radius 2 is 1.89 bits per heavy atom. The van der Waals surface area contributed by atoms with Crippen molar-refractivity contribution in [1.29, 1.82) is 5.26 Å². The van der Waals surface area contributed by atoms with Gasteiger partial charge in [-0.05, 0) is 43.2 Å². The summed E-state index contributed by atoms with van der Waals surface area (Å²) in [4.78, 5) is 37.1. The van der Waals surface area contributed by atoms with E-state index >= 15 is 0 Å². The van der Waals surface area contributed by atoms with Crippen LogP contribution >= 0.6 is 11.6 Å². The molecule has 0 aliphatic heterocycles. The number of aromatic amines is 1. The van der Waals surface area contributed by atoms with Gasteiger partial charge in [-0.15, -0.1) is 0 Å². The first-order chi connectivity index (χ1) is 17.4. The van der Waals surface area contributed by atoms with Crippen LogP contribution in [0.1, 0.15) is 30.2 Å². The summed E-state index contributed by atoms with van der Waals surface area (Å²) in [6, 6.07) is 19.4. The molecule has 0 atom stereocenters. The van der Waals surface area contributed by atoms with Gasteiger partial charge in [0, 0.05) is 12.6 Å². The van der Waals surface area contributed by atoms with E-state index < -0.39 is 11.4 Å². The fraction of sp³-hybridized carbons (Fsp3) is 0.192. The molecule has 182 valence electrons. The van der Waals surface area contributed by atoms with Crippen LogP contribution in [0.2, 0.25) is 5.02 Å². The molecule has 0 bridgehead atoms. The highest BCUT2D eigenvalue weighted by atomic mass is 35.5. The first kappa shape index (κ1) is 24.7. The number of halogens is 1. The van der Waals surface area contributed by atoms with E-state index in [1.165, 1.54) is 9.13 Å². The van der Waals surface area contributed by atoms with Crippen LogP contribution in [-0.2, 0) is 13.1 Å². The summed E-state index contributed by atoms with van der Waals surface area (Å²) >= 11 is 6.41. The zero-order chi connectivity index (χ0) is 25.7. The zero-order valence-corrected chi connectivity index (χ0v) is 20.5. The van der Waals surface area contributed by atoms with Crippen LogP contribution in [0.3, 0.4) is 0 Å². The minimum absolute atomic E-state index is 0.103. The van der Waals surface area contributed by atoms with E-state index in [1.807, 2.05) is 44.2 Å². The number of ether oxygens (including phenoxy) is 1. The zero-order valence-electron chi connectivity index (χ0n) is 19.7. The second-order valence-electron chi connectivity index (χ2n) is 8.06. The molecule has 0 fully saturated rings. The normalized spacial score (nSPS) is 11.3. The van der Waals surface area contributed by atoms with Crippen molar-refractivity contribution in [2.45, 2.75) is 33.4 Å². The van der Waals surface area contributed by atoms with Gasteiger partial charge >= 0.3 is 11.4 Å². The number of benzene rings is 2. The molecular formula is C26H23ClN6O3. The summed E-state index contributed by atoms with van der Waals surface area (Å²) in [5, 5.41) is 9.26. The number of nitrogens with zero attached hydrogens (tertiary/aromatic N) is 5. The third-order valence-electron chi connectivity index (χ3n) is 5.29. The maximum Gasteiger partial charge on any atom is 0.335 e. The molecule has 0 radical (unpaired) electrons. The number of H-pyrrole nitrogens is 1. The van der Waals surface area contributed by atoms with Crippen LogP contribution in [0.5, 0.6) is 11.6 Å². The predicted molar refractivity (Wildman–Crippen MR) is 136 cm³/mol. The van der Waals surface area contributed by atoms with Gasteiger partial charge in [0.05, 0.1) is 17.3 Å². The Morgan fingerprint density at radius 3 is 2.58 bits per heavy atom. The van der Waals surface area contributed by atoms with Gasteiger partial charge in [-0.25, -0.2) is 24.1 Å². The maximum atomic E-state index is 13.2. The van der Waals surface area contributed by atoms with Crippen molar-refractivity contribution in [3.8, 4) is 17.7 Å². The third-order valence-corrected chi connectivity index (χ3v) is 5.59. The molecular weight excluding hydrogens is 480 g/mol. The number of hydrogen-bond donors (Lipinski definition) is 1. The van der Waals surface area contributed by atoms with Crippen molar-refractivity contribution in [2.24, 2.45) is 4.99 Å². The molecule has 2 heterocycles. The Labute approximate surface area is 211 Å². The molecule has 4 aromatic rings. The molecule has 4 rings (SSSR count). The van der Waals surface area contributed by atoms with E-state index in [0.29, 0.717) is 24.4 Å². The lowest BCUT2D eigenvalue weighted by Crippen LogP contribution is -2.50. The number of rotatable bonds is 7. The van der Waals surface area contributed by atoms with Gasteiger partial charge in [-0.2, -0.15) is 5.26 Å². The van der Waals surface area contributed by atoms with Crippen molar-refractivity contribution in [1.82, 2.24) is 19.1 Å².